The number of nitrogens with zero attached hydrogens (tertiary/aromatic N) is 4. The van der Waals surface area contributed by atoms with Crippen LogP contribution in [0.15, 0.2) is 48.8 Å². The van der Waals surface area contributed by atoms with Crippen molar-refractivity contribution in [2.75, 3.05) is 27.2 Å². The van der Waals surface area contributed by atoms with Crippen molar-refractivity contribution < 1.29 is 9.59 Å². The van der Waals surface area contributed by atoms with E-state index in [0.717, 1.165) is 66.0 Å². The van der Waals surface area contributed by atoms with Crippen LogP contribution in [0, 0.1) is 12.8 Å². The normalized spacial score (nSPS) is 15.8. The number of ketones is 1. The fourth-order valence-corrected chi connectivity index (χ4v) is 6.54. The van der Waals surface area contributed by atoms with E-state index in [0.29, 0.717) is 23.7 Å². The summed E-state index contributed by atoms with van der Waals surface area (Å²) in [6.07, 6.45) is 11.3. The van der Waals surface area contributed by atoms with E-state index in [1.807, 2.05) is 36.7 Å². The molecule has 2 aromatic carbocycles. The van der Waals surface area contributed by atoms with Crippen molar-refractivity contribution in [1.82, 2.24) is 24.8 Å². The zero-order valence-electron chi connectivity index (χ0n) is 24.4. The minimum atomic E-state index is -0.0189. The van der Waals surface area contributed by atoms with Gasteiger partial charge in [0.15, 0.2) is 5.65 Å². The van der Waals surface area contributed by atoms with Gasteiger partial charge in [-0.05, 0) is 65.8 Å². The predicted octanol–water partition coefficient (Wildman–Crippen LogP) is 6.20. The molecule has 4 aromatic rings. The number of aromatic amines is 1. The number of Topliss-reactive ketones (excluding diaryl/α,β-unsaturated/α-hetero) is 1. The Morgan fingerprint density at radius 3 is 2.61 bits per heavy atom. The highest BCUT2D eigenvalue weighted by Gasteiger charge is 2.22. The molecule has 1 aliphatic carbocycles. The quantitative estimate of drug-likeness (QED) is 0.283. The van der Waals surface area contributed by atoms with Crippen molar-refractivity contribution in [2.24, 2.45) is 5.92 Å². The van der Waals surface area contributed by atoms with E-state index in [9.17, 15) is 9.59 Å². The molecule has 0 radical (unpaired) electrons. The van der Waals surface area contributed by atoms with Crippen LogP contribution in [0.3, 0.4) is 0 Å². The Bertz CT molecular complexity index is 1580. The molecule has 1 saturated carbocycles. The van der Waals surface area contributed by atoms with Crippen LogP contribution in [0.2, 0.25) is 0 Å². The molecule has 41 heavy (non-hydrogen) atoms. The lowest BCUT2D eigenvalue weighted by Gasteiger charge is -2.30. The maximum atomic E-state index is 12.6. The number of aromatic nitrogens is 3. The fraction of sp³-hybridized carbons (Fsp3) is 0.412. The van der Waals surface area contributed by atoms with Crippen LogP contribution in [0.1, 0.15) is 65.6 Å². The highest BCUT2D eigenvalue weighted by Crippen LogP contribution is 2.32. The maximum absolute atomic E-state index is 12.6. The second kappa shape index (κ2) is 11.6. The van der Waals surface area contributed by atoms with Gasteiger partial charge in [0.1, 0.15) is 11.3 Å². The van der Waals surface area contributed by atoms with E-state index in [1.165, 1.54) is 42.4 Å². The summed E-state index contributed by atoms with van der Waals surface area (Å²) in [5.74, 6) is 1.03. The van der Waals surface area contributed by atoms with Crippen LogP contribution in [0.5, 0.6) is 0 Å². The number of aryl methyl sites for hydroxylation is 1. The van der Waals surface area contributed by atoms with Gasteiger partial charge in [0.05, 0.1) is 11.9 Å². The molecule has 2 aromatic heterocycles. The maximum Gasteiger partial charge on any atom is 0.253 e. The molecule has 1 fully saturated rings. The molecule has 0 atom stereocenters. The van der Waals surface area contributed by atoms with Crippen LogP contribution in [-0.4, -0.2) is 63.6 Å². The van der Waals surface area contributed by atoms with Crippen molar-refractivity contribution >= 4 is 22.9 Å². The number of carbonyl (C=O) groups is 2. The van der Waals surface area contributed by atoms with Crippen LogP contribution in [0.25, 0.3) is 33.5 Å². The van der Waals surface area contributed by atoms with E-state index >= 15 is 0 Å². The summed E-state index contributed by atoms with van der Waals surface area (Å²) >= 11 is 0. The first-order chi connectivity index (χ1) is 19.9. The van der Waals surface area contributed by atoms with Gasteiger partial charge in [0.25, 0.3) is 5.91 Å². The predicted molar refractivity (Wildman–Crippen MR) is 163 cm³/mol. The summed E-state index contributed by atoms with van der Waals surface area (Å²) in [6, 6.07) is 12.1. The molecule has 0 saturated heterocycles. The summed E-state index contributed by atoms with van der Waals surface area (Å²) in [5, 5.41) is 0. The van der Waals surface area contributed by atoms with E-state index in [2.05, 4.69) is 28.9 Å². The molecule has 0 spiro atoms. The van der Waals surface area contributed by atoms with Crippen LogP contribution in [-0.2, 0) is 17.8 Å². The van der Waals surface area contributed by atoms with Gasteiger partial charge < -0.3 is 9.88 Å². The molecule has 3 heterocycles. The molecule has 212 valence electrons. The molecule has 0 bridgehead atoms. The van der Waals surface area contributed by atoms with Crippen molar-refractivity contribution in [3.05, 3.63) is 71.0 Å². The van der Waals surface area contributed by atoms with Crippen molar-refractivity contribution in [1.29, 1.82) is 0 Å². The Morgan fingerprint density at radius 1 is 1.07 bits per heavy atom. The Kier molecular flexibility index (Phi) is 7.71. The van der Waals surface area contributed by atoms with Gasteiger partial charge >= 0.3 is 0 Å². The van der Waals surface area contributed by atoms with Gasteiger partial charge in [-0.25, -0.2) is 9.97 Å². The average molecular weight is 550 g/mol. The van der Waals surface area contributed by atoms with Gasteiger partial charge in [-0.2, -0.15) is 0 Å². The van der Waals surface area contributed by atoms with E-state index in [-0.39, 0.29) is 5.91 Å². The SMILES string of the molecule is Cc1cc(-c2cnc3[nH]cc(-c4ccc(C(=O)N(C)C)cc4)c3n2)cc2c1CCN(CCC(=O)CC1CCCC1)C2. The lowest BCUT2D eigenvalue weighted by molar-refractivity contribution is -0.120. The summed E-state index contributed by atoms with van der Waals surface area (Å²) in [5.41, 5.74) is 10.1. The number of fused-ring (bicyclic) bond motifs is 2. The monoisotopic (exact) mass is 549 g/mol. The third-order valence-corrected chi connectivity index (χ3v) is 8.86. The highest BCUT2D eigenvalue weighted by molar-refractivity contribution is 5.96. The molecule has 7 heteroatoms. The summed E-state index contributed by atoms with van der Waals surface area (Å²) in [4.78, 5) is 41.9. The van der Waals surface area contributed by atoms with Crippen LogP contribution < -0.4 is 0 Å². The van der Waals surface area contributed by atoms with Crippen molar-refractivity contribution in [3.8, 4) is 22.4 Å². The zero-order valence-corrected chi connectivity index (χ0v) is 24.4. The Hall–Kier alpha value is -3.84. The van der Waals surface area contributed by atoms with Gasteiger partial charge in [0, 0.05) is 69.5 Å². The largest absolute Gasteiger partial charge is 0.345 e. The molecule has 7 nitrogen and oxygen atoms in total. The minimum Gasteiger partial charge on any atom is -0.345 e. The number of H-pyrrole nitrogens is 1. The molecule has 1 N–H and O–H groups in total. The number of benzene rings is 2. The molecule has 2 aliphatic rings. The van der Waals surface area contributed by atoms with Gasteiger partial charge in [-0.1, -0.05) is 37.8 Å². The number of rotatable bonds is 8. The van der Waals surface area contributed by atoms with Gasteiger partial charge in [-0.3, -0.25) is 14.5 Å². The number of hydrogen-bond donors (Lipinski definition) is 1. The van der Waals surface area contributed by atoms with E-state index < -0.39 is 0 Å². The van der Waals surface area contributed by atoms with Gasteiger partial charge in [-0.15, -0.1) is 0 Å². The Balaban J connectivity index is 1.21. The highest BCUT2D eigenvalue weighted by atomic mass is 16.2. The third kappa shape index (κ3) is 5.82. The first-order valence-electron chi connectivity index (χ1n) is 14.9. The van der Waals surface area contributed by atoms with Crippen molar-refractivity contribution in [3.63, 3.8) is 0 Å². The number of nitrogens with one attached hydrogen (secondary N) is 1. The molecular weight excluding hydrogens is 510 g/mol. The van der Waals surface area contributed by atoms with Crippen molar-refractivity contribution in [2.45, 2.75) is 58.4 Å². The smallest absolute Gasteiger partial charge is 0.253 e. The standard InChI is InChI=1S/C34H39N5O2/c1-22-16-26(18-27-21-39(15-13-29(22)27)14-12-28(40)17-23-6-4-5-7-23)31-20-36-33-32(37-31)30(19-35-33)24-8-10-25(11-9-24)34(41)38(2)3/h8-11,16,18-20,23H,4-7,12-15,17,21H2,1-3H3,(H,35,36). The molecule has 0 unspecified atom stereocenters. The number of carbonyl (C=O) groups excluding carboxylic acids is 2. The van der Waals surface area contributed by atoms with Gasteiger partial charge in [0.2, 0.25) is 0 Å². The second-order valence-corrected chi connectivity index (χ2v) is 12.0. The zero-order chi connectivity index (χ0) is 28.5. The lowest BCUT2D eigenvalue weighted by atomic mass is 9.91. The lowest BCUT2D eigenvalue weighted by Crippen LogP contribution is -2.33. The number of hydrogen-bond acceptors (Lipinski definition) is 5. The average Bonchev–Trinajstić information content (AvgIpc) is 3.65. The van der Waals surface area contributed by atoms with E-state index in [1.54, 1.807) is 19.0 Å². The number of amides is 1. The first kappa shape index (κ1) is 27.3. The molecular formula is C34H39N5O2. The fourth-order valence-electron chi connectivity index (χ4n) is 6.54. The summed E-state index contributed by atoms with van der Waals surface area (Å²) in [6.45, 7) is 4.89. The second-order valence-electron chi connectivity index (χ2n) is 12.0. The summed E-state index contributed by atoms with van der Waals surface area (Å²) in [7, 11) is 3.51. The van der Waals surface area contributed by atoms with Crippen LogP contribution in [0.4, 0.5) is 0 Å². The third-order valence-electron chi connectivity index (χ3n) is 8.86. The van der Waals surface area contributed by atoms with E-state index in [4.69, 9.17) is 9.97 Å². The molecule has 1 amide bonds. The molecule has 1 aliphatic heterocycles. The summed E-state index contributed by atoms with van der Waals surface area (Å²) < 4.78 is 0. The topological polar surface area (TPSA) is 82.2 Å². The van der Waals surface area contributed by atoms with Crippen LogP contribution >= 0.6 is 0 Å². The Labute approximate surface area is 242 Å². The Morgan fingerprint density at radius 2 is 1.85 bits per heavy atom. The first-order valence-corrected chi connectivity index (χ1v) is 14.9. The molecule has 6 rings (SSSR count). The minimum absolute atomic E-state index is 0.0189.